The first kappa shape index (κ1) is 19.4. The first-order valence-corrected chi connectivity index (χ1v) is 9.47. The number of benzene rings is 2. The molecule has 0 bridgehead atoms. The molecule has 30 heavy (non-hydrogen) atoms. The van der Waals surface area contributed by atoms with Gasteiger partial charge in [-0.2, -0.15) is 5.26 Å². The Bertz CT molecular complexity index is 1200. The zero-order valence-electron chi connectivity index (χ0n) is 15.6. The van der Waals surface area contributed by atoms with Crippen molar-refractivity contribution in [1.29, 1.82) is 5.26 Å². The number of urea groups is 1. The van der Waals surface area contributed by atoms with E-state index < -0.39 is 6.03 Å². The second-order valence-electron chi connectivity index (χ2n) is 6.61. The van der Waals surface area contributed by atoms with Crippen LogP contribution in [0, 0.1) is 11.3 Å². The number of hydrogen-bond donors (Lipinski definition) is 2. The van der Waals surface area contributed by atoms with E-state index in [1.807, 2.05) is 12.1 Å². The maximum absolute atomic E-state index is 12.3. The van der Waals surface area contributed by atoms with Crippen molar-refractivity contribution in [2.75, 3.05) is 10.6 Å². The average molecular weight is 419 g/mol. The van der Waals surface area contributed by atoms with Crippen molar-refractivity contribution in [3.63, 3.8) is 0 Å². The normalized spacial score (nSPS) is 12.1. The predicted molar refractivity (Wildman–Crippen MR) is 112 cm³/mol. The zero-order chi connectivity index (χ0) is 21.1. The van der Waals surface area contributed by atoms with Crippen LogP contribution in [0.2, 0.25) is 5.02 Å². The van der Waals surface area contributed by atoms with E-state index in [1.54, 1.807) is 36.4 Å². The van der Waals surface area contributed by atoms with Gasteiger partial charge in [-0.25, -0.2) is 9.78 Å². The van der Waals surface area contributed by atoms with Crippen molar-refractivity contribution in [2.45, 2.75) is 12.8 Å². The Hall–Kier alpha value is -3.89. The average Bonchev–Trinajstić information content (AvgIpc) is 3.10. The SMILES string of the molecule is N#Cc1cc(Oc2ccc(NC(=O)Nc3ccc4c(c3)CCC4=O)c(Cl)c2)ccn1. The van der Waals surface area contributed by atoms with Gasteiger partial charge in [-0.05, 0) is 48.4 Å². The number of nitrogens with one attached hydrogen (secondary N) is 2. The molecule has 1 heterocycles. The standard InChI is InChI=1S/C22H15ClN4O3/c23-19-11-16(30-17-7-8-25-15(10-17)12-24)3-5-20(19)27-22(29)26-14-2-4-18-13(9-14)1-6-21(18)28/h2-5,7-11H,1,6H2,(H2,26,27,29). The van der Waals surface area contributed by atoms with Crippen molar-refractivity contribution < 1.29 is 14.3 Å². The highest BCUT2D eigenvalue weighted by Gasteiger charge is 2.19. The molecule has 0 saturated carbocycles. The lowest BCUT2D eigenvalue weighted by Gasteiger charge is -2.12. The molecule has 3 aromatic rings. The molecule has 0 radical (unpaired) electrons. The number of nitriles is 1. The number of amides is 2. The number of anilines is 2. The van der Waals surface area contributed by atoms with Crippen LogP contribution in [-0.4, -0.2) is 16.8 Å². The van der Waals surface area contributed by atoms with Crippen LogP contribution in [0.3, 0.4) is 0 Å². The number of carbonyl (C=O) groups is 2. The Labute approximate surface area is 177 Å². The molecule has 1 aliphatic carbocycles. The molecule has 0 unspecified atom stereocenters. The third kappa shape index (κ3) is 4.24. The summed E-state index contributed by atoms with van der Waals surface area (Å²) in [6, 6.07) is 14.7. The fourth-order valence-electron chi connectivity index (χ4n) is 3.15. The summed E-state index contributed by atoms with van der Waals surface area (Å²) in [5, 5.41) is 14.6. The molecule has 2 aromatic carbocycles. The van der Waals surface area contributed by atoms with E-state index in [9.17, 15) is 9.59 Å². The molecular formula is C22H15ClN4O3. The molecule has 1 aliphatic rings. The van der Waals surface area contributed by atoms with E-state index in [-0.39, 0.29) is 16.5 Å². The van der Waals surface area contributed by atoms with Gasteiger partial charge in [-0.3, -0.25) is 4.79 Å². The Balaban J connectivity index is 1.41. The lowest BCUT2D eigenvalue weighted by atomic mass is 10.1. The zero-order valence-corrected chi connectivity index (χ0v) is 16.4. The summed E-state index contributed by atoms with van der Waals surface area (Å²) in [6.45, 7) is 0. The minimum Gasteiger partial charge on any atom is -0.457 e. The number of ketones is 1. The van der Waals surface area contributed by atoms with Gasteiger partial charge in [0.1, 0.15) is 23.3 Å². The largest absolute Gasteiger partial charge is 0.457 e. The van der Waals surface area contributed by atoms with Gasteiger partial charge in [0.2, 0.25) is 0 Å². The number of fused-ring (bicyclic) bond motifs is 1. The number of ether oxygens (including phenoxy) is 1. The summed E-state index contributed by atoms with van der Waals surface area (Å²) in [6.07, 6.45) is 2.67. The lowest BCUT2D eigenvalue weighted by Crippen LogP contribution is -2.19. The van der Waals surface area contributed by atoms with Gasteiger partial charge in [0.05, 0.1) is 10.7 Å². The van der Waals surface area contributed by atoms with Crippen molar-refractivity contribution in [1.82, 2.24) is 4.98 Å². The maximum Gasteiger partial charge on any atom is 0.323 e. The van der Waals surface area contributed by atoms with Crippen LogP contribution < -0.4 is 15.4 Å². The Morgan fingerprint density at radius 1 is 1.07 bits per heavy atom. The Kier molecular flexibility index (Phi) is 5.33. The number of carbonyl (C=O) groups excluding carboxylic acids is 2. The van der Waals surface area contributed by atoms with E-state index >= 15 is 0 Å². The molecule has 0 saturated heterocycles. The molecule has 4 rings (SSSR count). The summed E-state index contributed by atoms with van der Waals surface area (Å²) < 4.78 is 5.68. The van der Waals surface area contributed by atoms with Gasteiger partial charge in [0.25, 0.3) is 0 Å². The molecule has 0 atom stereocenters. The summed E-state index contributed by atoms with van der Waals surface area (Å²) in [5.74, 6) is 1.03. The highest BCUT2D eigenvalue weighted by atomic mass is 35.5. The number of hydrogen-bond acceptors (Lipinski definition) is 5. The number of aromatic nitrogens is 1. The molecule has 148 valence electrons. The van der Waals surface area contributed by atoms with Crippen molar-refractivity contribution in [3.05, 3.63) is 76.6 Å². The maximum atomic E-state index is 12.3. The van der Waals surface area contributed by atoms with Gasteiger partial charge in [-0.1, -0.05) is 11.6 Å². The van der Waals surface area contributed by atoms with Crippen LogP contribution in [-0.2, 0) is 6.42 Å². The van der Waals surface area contributed by atoms with Crippen LogP contribution in [0.4, 0.5) is 16.2 Å². The van der Waals surface area contributed by atoms with Gasteiger partial charge < -0.3 is 15.4 Å². The molecular weight excluding hydrogens is 404 g/mol. The third-order valence-corrected chi connectivity index (χ3v) is 4.87. The third-order valence-electron chi connectivity index (χ3n) is 4.56. The lowest BCUT2D eigenvalue weighted by molar-refractivity contribution is 0.0994. The number of rotatable bonds is 4. The number of halogens is 1. The van der Waals surface area contributed by atoms with E-state index in [0.717, 1.165) is 11.1 Å². The van der Waals surface area contributed by atoms with Crippen LogP contribution in [0.25, 0.3) is 0 Å². The molecule has 8 heteroatoms. The first-order valence-electron chi connectivity index (χ1n) is 9.09. The summed E-state index contributed by atoms with van der Waals surface area (Å²) >= 11 is 6.27. The van der Waals surface area contributed by atoms with Gasteiger partial charge in [0.15, 0.2) is 5.78 Å². The van der Waals surface area contributed by atoms with Crippen molar-refractivity contribution in [2.24, 2.45) is 0 Å². The summed E-state index contributed by atoms with van der Waals surface area (Å²) in [5.41, 5.74) is 2.90. The van der Waals surface area contributed by atoms with Gasteiger partial charge in [0, 0.05) is 36.0 Å². The minimum absolute atomic E-state index is 0.130. The second-order valence-corrected chi connectivity index (χ2v) is 7.01. The molecule has 0 fully saturated rings. The van der Waals surface area contributed by atoms with Gasteiger partial charge in [-0.15, -0.1) is 0 Å². The van der Waals surface area contributed by atoms with Crippen LogP contribution in [0.1, 0.15) is 28.0 Å². The number of pyridine rings is 1. The smallest absolute Gasteiger partial charge is 0.323 e. The topological polar surface area (TPSA) is 104 Å². The highest BCUT2D eigenvalue weighted by molar-refractivity contribution is 6.34. The predicted octanol–water partition coefficient (Wildman–Crippen LogP) is 5.17. The van der Waals surface area contributed by atoms with Crippen molar-refractivity contribution in [3.8, 4) is 17.6 Å². The molecule has 2 amide bonds. The monoisotopic (exact) mass is 418 g/mol. The first-order chi connectivity index (χ1) is 14.5. The fraction of sp³-hybridized carbons (Fsp3) is 0.0909. The molecule has 1 aromatic heterocycles. The molecule has 2 N–H and O–H groups in total. The Morgan fingerprint density at radius 2 is 1.90 bits per heavy atom. The van der Waals surface area contributed by atoms with E-state index in [1.165, 1.54) is 12.3 Å². The van der Waals surface area contributed by atoms with E-state index in [2.05, 4.69) is 15.6 Å². The van der Waals surface area contributed by atoms with E-state index in [4.69, 9.17) is 21.6 Å². The summed E-state index contributed by atoms with van der Waals surface area (Å²) in [7, 11) is 0. The minimum atomic E-state index is -0.456. The van der Waals surface area contributed by atoms with Crippen LogP contribution >= 0.6 is 11.6 Å². The quantitative estimate of drug-likeness (QED) is 0.608. The highest BCUT2D eigenvalue weighted by Crippen LogP contribution is 2.30. The second kappa shape index (κ2) is 8.23. The van der Waals surface area contributed by atoms with E-state index in [0.29, 0.717) is 35.7 Å². The number of nitrogens with zero attached hydrogens (tertiary/aromatic N) is 2. The fourth-order valence-corrected chi connectivity index (χ4v) is 3.37. The summed E-state index contributed by atoms with van der Waals surface area (Å²) in [4.78, 5) is 27.9. The Morgan fingerprint density at radius 3 is 2.70 bits per heavy atom. The number of Topliss-reactive ketones (excluding diaryl/α,β-unsaturated/α-hetero) is 1. The number of aryl methyl sites for hydroxylation is 1. The van der Waals surface area contributed by atoms with Gasteiger partial charge >= 0.3 is 6.03 Å². The molecule has 0 spiro atoms. The molecule has 0 aliphatic heterocycles. The van der Waals surface area contributed by atoms with Crippen LogP contribution in [0.15, 0.2) is 54.7 Å². The van der Waals surface area contributed by atoms with Crippen molar-refractivity contribution >= 4 is 34.8 Å². The van der Waals surface area contributed by atoms with Crippen LogP contribution in [0.5, 0.6) is 11.5 Å². The molecule has 7 nitrogen and oxygen atoms in total.